The van der Waals surface area contributed by atoms with Crippen LogP contribution >= 0.6 is 0 Å². The van der Waals surface area contributed by atoms with Crippen molar-refractivity contribution < 1.29 is 9.59 Å². The van der Waals surface area contributed by atoms with Crippen LogP contribution in [0.5, 0.6) is 0 Å². The summed E-state index contributed by atoms with van der Waals surface area (Å²) < 4.78 is 0. The molecule has 1 atom stereocenters. The highest BCUT2D eigenvalue weighted by molar-refractivity contribution is 5.84. The fraction of sp³-hybridized carbons (Fsp3) is 0.385. The first-order chi connectivity index (χ1) is 15.2. The molecule has 0 spiro atoms. The zero-order chi connectivity index (χ0) is 21.5. The van der Waals surface area contributed by atoms with E-state index < -0.39 is 0 Å². The number of para-hydroxylation sites is 1. The monoisotopic (exact) mass is 417 g/mol. The van der Waals surface area contributed by atoms with Crippen molar-refractivity contribution in [2.75, 3.05) is 19.6 Å². The van der Waals surface area contributed by atoms with Crippen LogP contribution in [-0.2, 0) is 22.4 Å². The third-order valence-electron chi connectivity index (χ3n) is 6.21. The Morgan fingerprint density at radius 2 is 1.84 bits per heavy atom. The van der Waals surface area contributed by atoms with E-state index in [1.54, 1.807) is 0 Å². The fourth-order valence-electron chi connectivity index (χ4n) is 4.45. The van der Waals surface area contributed by atoms with Crippen molar-refractivity contribution in [1.29, 1.82) is 0 Å². The molecule has 1 aromatic heterocycles. The topological polar surface area (TPSA) is 65.2 Å². The number of benzene rings is 2. The van der Waals surface area contributed by atoms with Crippen molar-refractivity contribution in [2.45, 2.75) is 38.5 Å². The molecule has 2 aromatic carbocycles. The van der Waals surface area contributed by atoms with Crippen molar-refractivity contribution in [3.05, 3.63) is 71.9 Å². The lowest BCUT2D eigenvalue weighted by molar-refractivity contribution is -0.135. The molecular formula is C26H31N3O2. The maximum Gasteiger partial charge on any atom is 0.224 e. The van der Waals surface area contributed by atoms with E-state index >= 15 is 0 Å². The smallest absolute Gasteiger partial charge is 0.224 e. The zero-order valence-corrected chi connectivity index (χ0v) is 18.0. The van der Waals surface area contributed by atoms with Gasteiger partial charge in [0.1, 0.15) is 0 Å². The van der Waals surface area contributed by atoms with Gasteiger partial charge in [-0.25, -0.2) is 0 Å². The summed E-state index contributed by atoms with van der Waals surface area (Å²) in [6.07, 6.45) is 6.83. The molecule has 2 heterocycles. The van der Waals surface area contributed by atoms with Crippen LogP contribution in [0.3, 0.4) is 0 Å². The first-order valence-corrected chi connectivity index (χ1v) is 11.3. The number of nitrogens with zero attached hydrogens (tertiary/aromatic N) is 1. The van der Waals surface area contributed by atoms with E-state index in [2.05, 4.69) is 28.5 Å². The third-order valence-corrected chi connectivity index (χ3v) is 6.21. The standard InChI is InChI=1S/C26H31N3O2/c30-25(15-14-21-18-28-24-13-5-4-12-23(21)24)29-17-7-11-22(19-29)26(31)27-16-6-10-20-8-2-1-3-9-20/h1-5,8-9,12-13,18,22,28H,6-7,10-11,14-17,19H2,(H,27,31). The highest BCUT2D eigenvalue weighted by Crippen LogP contribution is 2.21. The van der Waals surface area contributed by atoms with Crippen molar-refractivity contribution in [1.82, 2.24) is 15.2 Å². The Morgan fingerprint density at radius 1 is 1.03 bits per heavy atom. The van der Waals surface area contributed by atoms with Gasteiger partial charge >= 0.3 is 0 Å². The van der Waals surface area contributed by atoms with Crippen LogP contribution in [0.15, 0.2) is 60.8 Å². The summed E-state index contributed by atoms with van der Waals surface area (Å²) in [5.41, 5.74) is 3.57. The molecule has 3 aromatic rings. The van der Waals surface area contributed by atoms with Crippen LogP contribution in [0.4, 0.5) is 0 Å². The van der Waals surface area contributed by atoms with Crippen LogP contribution in [0.1, 0.15) is 36.8 Å². The molecule has 5 heteroatoms. The lowest BCUT2D eigenvalue weighted by atomic mass is 9.96. The molecule has 1 saturated heterocycles. The van der Waals surface area contributed by atoms with E-state index in [1.807, 2.05) is 47.5 Å². The quantitative estimate of drug-likeness (QED) is 0.542. The molecule has 2 N–H and O–H groups in total. The highest BCUT2D eigenvalue weighted by atomic mass is 16.2. The molecule has 4 rings (SSSR count). The van der Waals surface area contributed by atoms with Gasteiger partial charge in [-0.3, -0.25) is 9.59 Å². The summed E-state index contributed by atoms with van der Waals surface area (Å²) >= 11 is 0. The van der Waals surface area contributed by atoms with E-state index in [0.717, 1.165) is 44.2 Å². The second-order valence-electron chi connectivity index (χ2n) is 8.42. The van der Waals surface area contributed by atoms with Crippen molar-refractivity contribution in [2.24, 2.45) is 5.92 Å². The number of rotatable bonds is 8. The molecule has 1 aliphatic rings. The van der Waals surface area contributed by atoms with Crippen molar-refractivity contribution >= 4 is 22.7 Å². The summed E-state index contributed by atoms with van der Waals surface area (Å²) in [5.74, 6) is 0.136. The molecule has 1 unspecified atom stereocenters. The van der Waals surface area contributed by atoms with Gasteiger partial charge in [-0.2, -0.15) is 0 Å². The number of piperidine rings is 1. The number of carbonyl (C=O) groups is 2. The number of carbonyl (C=O) groups excluding carboxylic acids is 2. The van der Waals surface area contributed by atoms with Gasteiger partial charge in [0.05, 0.1) is 5.92 Å². The number of fused-ring (bicyclic) bond motifs is 1. The van der Waals surface area contributed by atoms with Crippen LogP contribution in [0.25, 0.3) is 10.9 Å². The number of hydrogen-bond acceptors (Lipinski definition) is 2. The van der Waals surface area contributed by atoms with E-state index in [1.165, 1.54) is 16.5 Å². The van der Waals surface area contributed by atoms with Gasteiger partial charge in [0.15, 0.2) is 0 Å². The van der Waals surface area contributed by atoms with E-state index in [9.17, 15) is 9.59 Å². The minimum atomic E-state index is -0.0949. The van der Waals surface area contributed by atoms with Gasteiger partial charge in [-0.15, -0.1) is 0 Å². The van der Waals surface area contributed by atoms with Gasteiger partial charge in [0.25, 0.3) is 0 Å². The first-order valence-electron chi connectivity index (χ1n) is 11.3. The predicted octanol–water partition coefficient (Wildman–Crippen LogP) is 4.09. The van der Waals surface area contributed by atoms with Gasteiger partial charge in [-0.05, 0) is 49.3 Å². The normalized spacial score (nSPS) is 16.4. The number of hydrogen-bond donors (Lipinski definition) is 2. The third kappa shape index (κ3) is 5.54. The van der Waals surface area contributed by atoms with Gasteiger partial charge < -0.3 is 15.2 Å². The number of amides is 2. The van der Waals surface area contributed by atoms with E-state index in [4.69, 9.17) is 0 Å². The summed E-state index contributed by atoms with van der Waals surface area (Å²) in [7, 11) is 0. The maximum atomic E-state index is 12.8. The zero-order valence-electron chi connectivity index (χ0n) is 18.0. The molecule has 5 nitrogen and oxygen atoms in total. The molecule has 0 saturated carbocycles. The van der Waals surface area contributed by atoms with Gasteiger partial charge in [-0.1, -0.05) is 48.5 Å². The second kappa shape index (κ2) is 10.3. The fourth-order valence-corrected chi connectivity index (χ4v) is 4.45. The molecule has 162 valence electrons. The maximum absolute atomic E-state index is 12.8. The Hall–Kier alpha value is -3.08. The average molecular weight is 418 g/mol. The van der Waals surface area contributed by atoms with Crippen molar-refractivity contribution in [3.8, 4) is 0 Å². The predicted molar refractivity (Wildman–Crippen MR) is 124 cm³/mol. The number of likely N-dealkylation sites (tertiary alicyclic amines) is 1. The molecule has 0 radical (unpaired) electrons. The average Bonchev–Trinajstić information content (AvgIpc) is 3.24. The number of aryl methyl sites for hydroxylation is 2. The summed E-state index contributed by atoms with van der Waals surface area (Å²) in [5, 5.41) is 4.26. The van der Waals surface area contributed by atoms with Crippen LogP contribution < -0.4 is 5.32 Å². The summed E-state index contributed by atoms with van der Waals surface area (Å²) in [6, 6.07) is 18.5. The first kappa shape index (κ1) is 21.2. The molecular weight excluding hydrogens is 386 g/mol. The van der Waals surface area contributed by atoms with Crippen LogP contribution in [-0.4, -0.2) is 41.3 Å². The molecule has 1 aliphatic heterocycles. The second-order valence-corrected chi connectivity index (χ2v) is 8.42. The lowest BCUT2D eigenvalue weighted by Gasteiger charge is -2.32. The number of aromatic amines is 1. The lowest BCUT2D eigenvalue weighted by Crippen LogP contribution is -2.45. The Morgan fingerprint density at radius 3 is 2.71 bits per heavy atom. The summed E-state index contributed by atoms with van der Waals surface area (Å²) in [6.45, 7) is 1.97. The number of H-pyrrole nitrogens is 1. The Bertz CT molecular complexity index is 1010. The number of nitrogens with one attached hydrogen (secondary N) is 2. The van der Waals surface area contributed by atoms with E-state index in [0.29, 0.717) is 19.5 Å². The Labute approximate surface area is 183 Å². The molecule has 0 aliphatic carbocycles. The molecule has 1 fully saturated rings. The highest BCUT2D eigenvalue weighted by Gasteiger charge is 2.28. The molecule has 2 amide bonds. The molecule has 31 heavy (non-hydrogen) atoms. The Balaban J connectivity index is 1.22. The minimum Gasteiger partial charge on any atom is -0.361 e. The van der Waals surface area contributed by atoms with Gasteiger partial charge in [0.2, 0.25) is 11.8 Å². The van der Waals surface area contributed by atoms with Gasteiger partial charge in [0, 0.05) is 43.2 Å². The minimum absolute atomic E-state index is 0.0854. The largest absolute Gasteiger partial charge is 0.361 e. The summed E-state index contributed by atoms with van der Waals surface area (Å²) in [4.78, 5) is 30.6. The van der Waals surface area contributed by atoms with E-state index in [-0.39, 0.29) is 17.7 Å². The molecule has 0 bridgehead atoms. The SMILES string of the molecule is O=C(NCCCc1ccccc1)C1CCCN(C(=O)CCc2c[nH]c3ccccc23)C1. The van der Waals surface area contributed by atoms with Crippen LogP contribution in [0.2, 0.25) is 0 Å². The van der Waals surface area contributed by atoms with Crippen LogP contribution in [0, 0.1) is 5.92 Å². The Kier molecular flexibility index (Phi) is 7.03. The van der Waals surface area contributed by atoms with Crippen molar-refractivity contribution in [3.63, 3.8) is 0 Å². The number of aromatic nitrogens is 1.